The number of sulfone groups is 1. The van der Waals surface area contributed by atoms with Crippen LogP contribution in [0.25, 0.3) is 0 Å². The van der Waals surface area contributed by atoms with Crippen molar-refractivity contribution >= 4 is 21.4 Å². The number of carbonyl (C=O) groups is 1. The third-order valence-corrected chi connectivity index (χ3v) is 4.09. The van der Waals surface area contributed by atoms with Gasteiger partial charge in [-0.15, -0.1) is 0 Å². The zero-order valence-corrected chi connectivity index (χ0v) is 12.9. The number of hydrogen-bond acceptors (Lipinski definition) is 4. The topological polar surface area (TPSA) is 81.1 Å². The number of hydrogen-bond donors (Lipinski definition) is 1. The standard InChI is InChI=1S/C14H17N3O3S/c1-10-8-11(2)17(16-10)9-14(18)15-12-4-6-13(7-5-12)21(3,19)20/h4-8H,9H2,1-3H3,(H,15,18). The first-order valence-corrected chi connectivity index (χ1v) is 8.26. The first kappa shape index (κ1) is 15.2. The SMILES string of the molecule is Cc1cc(C)n(CC(=O)Nc2ccc(S(C)(=O)=O)cc2)n1. The molecule has 0 bridgehead atoms. The summed E-state index contributed by atoms with van der Waals surface area (Å²) < 4.78 is 24.3. The van der Waals surface area contributed by atoms with Crippen LogP contribution in [-0.2, 0) is 21.2 Å². The second-order valence-electron chi connectivity index (χ2n) is 4.93. The van der Waals surface area contributed by atoms with Gasteiger partial charge in [0.15, 0.2) is 9.84 Å². The minimum absolute atomic E-state index is 0.119. The van der Waals surface area contributed by atoms with Crippen LogP contribution < -0.4 is 5.32 Å². The van der Waals surface area contributed by atoms with Gasteiger partial charge in [0.25, 0.3) is 0 Å². The lowest BCUT2D eigenvalue weighted by molar-refractivity contribution is -0.116. The van der Waals surface area contributed by atoms with Crippen molar-refractivity contribution < 1.29 is 13.2 Å². The largest absolute Gasteiger partial charge is 0.324 e. The average molecular weight is 307 g/mol. The molecule has 1 heterocycles. The van der Waals surface area contributed by atoms with Crippen LogP contribution in [0.5, 0.6) is 0 Å². The second kappa shape index (κ2) is 5.69. The molecule has 112 valence electrons. The van der Waals surface area contributed by atoms with Crippen molar-refractivity contribution in [2.75, 3.05) is 11.6 Å². The van der Waals surface area contributed by atoms with Gasteiger partial charge >= 0.3 is 0 Å². The lowest BCUT2D eigenvalue weighted by Crippen LogP contribution is -2.20. The Labute approximate surface area is 123 Å². The summed E-state index contributed by atoms with van der Waals surface area (Å²) >= 11 is 0. The molecule has 0 spiro atoms. The van der Waals surface area contributed by atoms with Crippen LogP contribution >= 0.6 is 0 Å². The molecule has 0 atom stereocenters. The number of nitrogens with zero attached hydrogens (tertiary/aromatic N) is 2. The smallest absolute Gasteiger partial charge is 0.246 e. The minimum atomic E-state index is -3.23. The molecular formula is C14H17N3O3S. The number of amides is 1. The molecule has 1 N–H and O–H groups in total. The van der Waals surface area contributed by atoms with Gasteiger partial charge < -0.3 is 5.32 Å². The Bertz CT molecular complexity index is 761. The molecular weight excluding hydrogens is 290 g/mol. The van der Waals surface area contributed by atoms with E-state index in [2.05, 4.69) is 10.4 Å². The number of rotatable bonds is 4. The molecule has 0 radical (unpaired) electrons. The minimum Gasteiger partial charge on any atom is -0.324 e. The molecule has 0 aliphatic heterocycles. The summed E-state index contributed by atoms with van der Waals surface area (Å²) in [6, 6.07) is 7.96. The monoisotopic (exact) mass is 307 g/mol. The highest BCUT2D eigenvalue weighted by atomic mass is 32.2. The zero-order chi connectivity index (χ0) is 15.6. The van der Waals surface area contributed by atoms with Gasteiger partial charge in [0.2, 0.25) is 5.91 Å². The van der Waals surface area contributed by atoms with E-state index in [0.29, 0.717) is 5.69 Å². The lowest BCUT2D eigenvalue weighted by Gasteiger charge is -2.07. The lowest BCUT2D eigenvalue weighted by atomic mass is 10.3. The number of aryl methyl sites for hydroxylation is 2. The third kappa shape index (κ3) is 3.91. The molecule has 2 rings (SSSR count). The maximum absolute atomic E-state index is 11.9. The Morgan fingerprint density at radius 1 is 1.24 bits per heavy atom. The number of carbonyl (C=O) groups excluding carboxylic acids is 1. The van der Waals surface area contributed by atoms with Crippen molar-refractivity contribution in [3.05, 3.63) is 41.7 Å². The van der Waals surface area contributed by atoms with E-state index < -0.39 is 9.84 Å². The fourth-order valence-electron chi connectivity index (χ4n) is 1.96. The zero-order valence-electron chi connectivity index (χ0n) is 12.1. The first-order valence-electron chi connectivity index (χ1n) is 6.37. The van der Waals surface area contributed by atoms with E-state index in [0.717, 1.165) is 17.6 Å². The van der Waals surface area contributed by atoms with Crippen molar-refractivity contribution in [2.45, 2.75) is 25.3 Å². The van der Waals surface area contributed by atoms with Gasteiger partial charge in [-0.1, -0.05) is 0 Å². The van der Waals surface area contributed by atoms with E-state index >= 15 is 0 Å². The Kier molecular flexibility index (Phi) is 4.13. The Morgan fingerprint density at radius 2 is 1.86 bits per heavy atom. The summed E-state index contributed by atoms with van der Waals surface area (Å²) in [5.74, 6) is -0.215. The van der Waals surface area contributed by atoms with E-state index in [9.17, 15) is 13.2 Å². The van der Waals surface area contributed by atoms with Crippen molar-refractivity contribution in [3.8, 4) is 0 Å². The van der Waals surface area contributed by atoms with Gasteiger partial charge in [0, 0.05) is 17.6 Å². The van der Waals surface area contributed by atoms with E-state index in [1.54, 1.807) is 16.8 Å². The highest BCUT2D eigenvalue weighted by Crippen LogP contribution is 2.14. The molecule has 1 aromatic heterocycles. The number of nitrogens with one attached hydrogen (secondary N) is 1. The molecule has 0 aliphatic rings. The normalized spacial score (nSPS) is 11.4. The van der Waals surface area contributed by atoms with Crippen LogP contribution in [0, 0.1) is 13.8 Å². The van der Waals surface area contributed by atoms with Crippen LogP contribution in [0.1, 0.15) is 11.4 Å². The summed E-state index contributed by atoms with van der Waals surface area (Å²) in [6.07, 6.45) is 1.14. The summed E-state index contributed by atoms with van der Waals surface area (Å²) in [5, 5.41) is 6.93. The summed E-state index contributed by atoms with van der Waals surface area (Å²) in [5.41, 5.74) is 2.32. The quantitative estimate of drug-likeness (QED) is 0.929. The number of benzene rings is 1. The molecule has 0 unspecified atom stereocenters. The molecule has 21 heavy (non-hydrogen) atoms. The average Bonchev–Trinajstić information content (AvgIpc) is 2.67. The van der Waals surface area contributed by atoms with Gasteiger partial charge in [0.05, 0.1) is 10.6 Å². The summed E-state index contributed by atoms with van der Waals surface area (Å²) in [7, 11) is -3.23. The van der Waals surface area contributed by atoms with Crippen LogP contribution in [0.4, 0.5) is 5.69 Å². The maximum atomic E-state index is 11.9. The van der Waals surface area contributed by atoms with Gasteiger partial charge in [0.1, 0.15) is 6.54 Å². The van der Waals surface area contributed by atoms with Crippen LogP contribution in [0.2, 0.25) is 0 Å². The molecule has 1 aromatic carbocycles. The van der Waals surface area contributed by atoms with E-state index in [1.807, 2.05) is 19.9 Å². The molecule has 7 heteroatoms. The van der Waals surface area contributed by atoms with Crippen LogP contribution in [-0.4, -0.2) is 30.4 Å². The predicted molar refractivity (Wildman–Crippen MR) is 79.9 cm³/mol. The first-order chi connectivity index (χ1) is 9.75. The number of anilines is 1. The third-order valence-electron chi connectivity index (χ3n) is 2.96. The Balaban J connectivity index is 2.05. The second-order valence-corrected chi connectivity index (χ2v) is 6.95. The molecule has 2 aromatic rings. The van der Waals surface area contributed by atoms with Crippen LogP contribution in [0.15, 0.2) is 35.2 Å². The van der Waals surface area contributed by atoms with Gasteiger partial charge in [-0.25, -0.2) is 8.42 Å². The fraction of sp³-hybridized carbons (Fsp3) is 0.286. The van der Waals surface area contributed by atoms with Gasteiger partial charge in [-0.05, 0) is 44.2 Å². The van der Waals surface area contributed by atoms with E-state index in [4.69, 9.17) is 0 Å². The highest BCUT2D eigenvalue weighted by Gasteiger charge is 2.09. The summed E-state index contributed by atoms with van der Waals surface area (Å²) in [6.45, 7) is 3.87. The summed E-state index contributed by atoms with van der Waals surface area (Å²) in [4.78, 5) is 12.2. The molecule has 0 fully saturated rings. The maximum Gasteiger partial charge on any atom is 0.246 e. The molecule has 0 aliphatic carbocycles. The van der Waals surface area contributed by atoms with E-state index in [-0.39, 0.29) is 17.3 Å². The van der Waals surface area contributed by atoms with Crippen molar-refractivity contribution in [2.24, 2.45) is 0 Å². The van der Waals surface area contributed by atoms with Gasteiger partial charge in [-0.2, -0.15) is 5.10 Å². The van der Waals surface area contributed by atoms with Crippen molar-refractivity contribution in [1.29, 1.82) is 0 Å². The number of aromatic nitrogens is 2. The van der Waals surface area contributed by atoms with Crippen LogP contribution in [0.3, 0.4) is 0 Å². The Morgan fingerprint density at radius 3 is 2.33 bits per heavy atom. The molecule has 1 amide bonds. The predicted octanol–water partition coefficient (Wildman–Crippen LogP) is 1.54. The molecule has 0 saturated heterocycles. The molecule has 0 saturated carbocycles. The van der Waals surface area contributed by atoms with Crippen molar-refractivity contribution in [3.63, 3.8) is 0 Å². The van der Waals surface area contributed by atoms with Crippen molar-refractivity contribution in [1.82, 2.24) is 9.78 Å². The molecule has 6 nitrogen and oxygen atoms in total. The van der Waals surface area contributed by atoms with E-state index in [1.165, 1.54) is 12.1 Å². The Hall–Kier alpha value is -2.15. The van der Waals surface area contributed by atoms with Gasteiger partial charge in [-0.3, -0.25) is 9.48 Å². The highest BCUT2D eigenvalue weighted by molar-refractivity contribution is 7.90. The fourth-order valence-corrected chi connectivity index (χ4v) is 2.59.